The summed E-state index contributed by atoms with van der Waals surface area (Å²) in [6.07, 6.45) is -10.9. The molecule has 1 aromatic heterocycles. The molecule has 0 bridgehead atoms. The van der Waals surface area contributed by atoms with Gasteiger partial charge in [0.05, 0.1) is 11.1 Å². The molecule has 0 aliphatic rings. The molecule has 18 heavy (non-hydrogen) atoms. The molecule has 0 atom stereocenters. The Balaban J connectivity index is 3.60. The lowest BCUT2D eigenvalue weighted by molar-refractivity contribution is -0.162. The van der Waals surface area contributed by atoms with Crippen LogP contribution in [-0.4, -0.2) is 13.4 Å². The van der Waals surface area contributed by atoms with E-state index in [4.69, 9.17) is 10.7 Å². The lowest BCUT2D eigenvalue weighted by Crippen LogP contribution is -2.18. The van der Waals surface area contributed by atoms with E-state index in [9.17, 15) is 34.8 Å². The summed E-state index contributed by atoms with van der Waals surface area (Å²) in [6, 6.07) is -0.259. The van der Waals surface area contributed by atoms with E-state index in [-0.39, 0.29) is 12.3 Å². The Labute approximate surface area is 101 Å². The summed E-state index contributed by atoms with van der Waals surface area (Å²) < 4.78 is 95.5. The number of aromatic nitrogens is 1. The van der Waals surface area contributed by atoms with Gasteiger partial charge in [-0.2, -0.15) is 26.3 Å². The van der Waals surface area contributed by atoms with Crippen molar-refractivity contribution < 1.29 is 34.8 Å². The van der Waals surface area contributed by atoms with Gasteiger partial charge in [-0.1, -0.05) is 0 Å². The highest BCUT2D eigenvalue weighted by atomic mass is 35.7. The van der Waals surface area contributed by atoms with Crippen molar-refractivity contribution in [3.63, 3.8) is 0 Å². The third kappa shape index (κ3) is 3.25. The summed E-state index contributed by atoms with van der Waals surface area (Å²) in [5.41, 5.74) is -4.25. The second-order valence-electron chi connectivity index (χ2n) is 3.00. The Hall–Kier alpha value is -1.03. The first-order valence-corrected chi connectivity index (χ1v) is 6.23. The monoisotopic (exact) mass is 313 g/mol. The number of hydrogen-bond acceptors (Lipinski definition) is 3. The summed E-state index contributed by atoms with van der Waals surface area (Å²) in [5.74, 6) is 0. The predicted molar refractivity (Wildman–Crippen MR) is 47.3 cm³/mol. The molecule has 0 aliphatic heterocycles. The van der Waals surface area contributed by atoms with Gasteiger partial charge in [-0.25, -0.2) is 13.4 Å². The molecular formula is C7H2ClF6NO2S. The van der Waals surface area contributed by atoms with Gasteiger partial charge in [0.15, 0.2) is 5.03 Å². The molecule has 1 heterocycles. The number of alkyl halides is 6. The highest BCUT2D eigenvalue weighted by molar-refractivity contribution is 8.13. The standard InChI is InChI=1S/C7H2ClF6NO2S/c8-18(16,17)5-1-3(6(9,10)11)4(2-15-5)7(12,13)14/h1-2H. The minimum Gasteiger partial charge on any atom is -0.243 e. The van der Waals surface area contributed by atoms with Crippen molar-refractivity contribution in [3.8, 4) is 0 Å². The Morgan fingerprint density at radius 3 is 1.78 bits per heavy atom. The topological polar surface area (TPSA) is 47.0 Å². The second kappa shape index (κ2) is 4.26. The van der Waals surface area contributed by atoms with Crippen molar-refractivity contribution in [2.75, 3.05) is 0 Å². The molecule has 0 radical (unpaired) electrons. The summed E-state index contributed by atoms with van der Waals surface area (Å²) in [6.45, 7) is 0. The molecule has 0 spiro atoms. The fraction of sp³-hybridized carbons (Fsp3) is 0.286. The molecule has 0 amide bonds. The average Bonchev–Trinajstić information content (AvgIpc) is 2.12. The number of nitrogens with zero attached hydrogens (tertiary/aromatic N) is 1. The molecule has 0 N–H and O–H groups in total. The van der Waals surface area contributed by atoms with E-state index in [0.29, 0.717) is 0 Å². The third-order valence-electron chi connectivity index (χ3n) is 1.74. The molecule has 0 saturated carbocycles. The first-order valence-electron chi connectivity index (χ1n) is 3.92. The van der Waals surface area contributed by atoms with Gasteiger partial charge in [-0.3, -0.25) is 0 Å². The van der Waals surface area contributed by atoms with E-state index in [1.165, 1.54) is 0 Å². The SMILES string of the molecule is O=S(=O)(Cl)c1cc(C(F)(F)F)c(C(F)(F)F)cn1. The lowest BCUT2D eigenvalue weighted by Gasteiger charge is -2.15. The average molecular weight is 314 g/mol. The van der Waals surface area contributed by atoms with E-state index in [0.717, 1.165) is 0 Å². The van der Waals surface area contributed by atoms with Gasteiger partial charge in [0.2, 0.25) is 0 Å². The van der Waals surface area contributed by atoms with Gasteiger partial charge in [0.1, 0.15) is 0 Å². The van der Waals surface area contributed by atoms with Crippen molar-refractivity contribution in [1.82, 2.24) is 4.98 Å². The summed E-state index contributed by atoms with van der Waals surface area (Å²) >= 11 is 0. The maximum Gasteiger partial charge on any atom is 0.418 e. The van der Waals surface area contributed by atoms with Gasteiger partial charge in [-0.05, 0) is 6.07 Å². The molecule has 1 rings (SSSR count). The van der Waals surface area contributed by atoms with Crippen LogP contribution in [0, 0.1) is 0 Å². The number of pyridine rings is 1. The van der Waals surface area contributed by atoms with E-state index < -0.39 is 37.6 Å². The zero-order valence-electron chi connectivity index (χ0n) is 7.97. The first kappa shape index (κ1) is 15.0. The fourth-order valence-corrected chi connectivity index (χ4v) is 1.72. The Morgan fingerprint density at radius 2 is 1.44 bits per heavy atom. The molecule has 11 heteroatoms. The smallest absolute Gasteiger partial charge is 0.243 e. The van der Waals surface area contributed by atoms with Crippen LogP contribution in [-0.2, 0) is 21.4 Å². The van der Waals surface area contributed by atoms with Crippen LogP contribution in [0.3, 0.4) is 0 Å². The zero-order chi connectivity index (χ0) is 14.4. The molecule has 0 aromatic carbocycles. The highest BCUT2D eigenvalue weighted by Gasteiger charge is 2.44. The molecule has 1 aromatic rings. The van der Waals surface area contributed by atoms with Crippen molar-refractivity contribution in [2.24, 2.45) is 0 Å². The Morgan fingerprint density at radius 1 is 1.00 bits per heavy atom. The van der Waals surface area contributed by atoms with Crippen LogP contribution in [0.15, 0.2) is 17.3 Å². The van der Waals surface area contributed by atoms with Gasteiger partial charge in [0, 0.05) is 16.9 Å². The van der Waals surface area contributed by atoms with Gasteiger partial charge in [0.25, 0.3) is 9.05 Å². The van der Waals surface area contributed by atoms with Crippen molar-refractivity contribution in [2.45, 2.75) is 17.4 Å². The van der Waals surface area contributed by atoms with E-state index >= 15 is 0 Å². The maximum atomic E-state index is 12.4. The van der Waals surface area contributed by atoms with Crippen molar-refractivity contribution in [1.29, 1.82) is 0 Å². The van der Waals surface area contributed by atoms with Crippen molar-refractivity contribution >= 4 is 19.7 Å². The van der Waals surface area contributed by atoms with Crippen molar-refractivity contribution in [3.05, 3.63) is 23.4 Å². The van der Waals surface area contributed by atoms with Crippen LogP contribution in [0.1, 0.15) is 11.1 Å². The highest BCUT2D eigenvalue weighted by Crippen LogP contribution is 2.40. The Bertz CT molecular complexity index is 564. The predicted octanol–water partition coefficient (Wildman–Crippen LogP) is 3.05. The first-order chi connectivity index (χ1) is 7.83. The molecule has 3 nitrogen and oxygen atoms in total. The van der Waals surface area contributed by atoms with E-state index in [1.807, 2.05) is 0 Å². The number of rotatable bonds is 1. The van der Waals surface area contributed by atoms with Gasteiger partial charge >= 0.3 is 12.4 Å². The molecule has 102 valence electrons. The molecule has 0 saturated heterocycles. The lowest BCUT2D eigenvalue weighted by atomic mass is 10.1. The summed E-state index contributed by atoms with van der Waals surface area (Å²) in [7, 11) is 0.0543. The normalized spacial score (nSPS) is 13.7. The molecular weight excluding hydrogens is 312 g/mol. The summed E-state index contributed by atoms with van der Waals surface area (Å²) in [5, 5.41) is -1.30. The third-order valence-corrected chi connectivity index (χ3v) is 2.94. The second-order valence-corrected chi connectivity index (χ2v) is 5.51. The minimum atomic E-state index is -5.38. The maximum absolute atomic E-state index is 12.4. The van der Waals surface area contributed by atoms with E-state index in [1.54, 1.807) is 0 Å². The van der Waals surface area contributed by atoms with Gasteiger partial charge < -0.3 is 0 Å². The summed E-state index contributed by atoms with van der Waals surface area (Å²) in [4.78, 5) is 2.75. The Kier molecular flexibility index (Phi) is 3.56. The van der Waals surface area contributed by atoms with Crippen LogP contribution in [0.5, 0.6) is 0 Å². The number of hydrogen-bond donors (Lipinski definition) is 0. The van der Waals surface area contributed by atoms with Crippen LogP contribution in [0.2, 0.25) is 0 Å². The van der Waals surface area contributed by atoms with E-state index in [2.05, 4.69) is 4.98 Å². The fourth-order valence-electron chi connectivity index (χ4n) is 1.03. The van der Waals surface area contributed by atoms with Crippen LogP contribution >= 0.6 is 10.7 Å². The van der Waals surface area contributed by atoms with Gasteiger partial charge in [-0.15, -0.1) is 0 Å². The largest absolute Gasteiger partial charge is 0.418 e. The molecule has 0 unspecified atom stereocenters. The number of halogens is 7. The molecule has 0 aliphatic carbocycles. The zero-order valence-corrected chi connectivity index (χ0v) is 9.54. The van der Waals surface area contributed by atoms with Crippen LogP contribution in [0.25, 0.3) is 0 Å². The molecule has 0 fully saturated rings. The quantitative estimate of drug-likeness (QED) is 0.591. The minimum absolute atomic E-state index is 0.224. The van der Waals surface area contributed by atoms with Crippen LogP contribution in [0.4, 0.5) is 26.3 Å². The van der Waals surface area contributed by atoms with Crippen LogP contribution < -0.4 is 0 Å².